The summed E-state index contributed by atoms with van der Waals surface area (Å²) in [5.41, 5.74) is 5.42. The Balaban J connectivity index is 2.09. The number of nitrogens with zero attached hydrogens (tertiary/aromatic N) is 3. The lowest BCUT2D eigenvalue weighted by Crippen LogP contribution is -2.29. The molecule has 0 bridgehead atoms. The molecule has 0 radical (unpaired) electrons. The summed E-state index contributed by atoms with van der Waals surface area (Å²) in [5.74, 6) is 0.277. The van der Waals surface area contributed by atoms with Crippen molar-refractivity contribution in [2.45, 2.75) is 17.9 Å². The van der Waals surface area contributed by atoms with Gasteiger partial charge in [-0.3, -0.25) is 4.68 Å². The summed E-state index contributed by atoms with van der Waals surface area (Å²) in [6, 6.07) is 0. The predicted molar refractivity (Wildman–Crippen MR) is 70.0 cm³/mol. The van der Waals surface area contributed by atoms with Gasteiger partial charge in [0.25, 0.3) is 0 Å². The number of nitrogens with two attached hydrogens (primary N) is 1. The largest absolute Gasteiger partial charge is 0.384 e. The van der Waals surface area contributed by atoms with Crippen molar-refractivity contribution in [2.75, 3.05) is 33.4 Å². The Kier molecular flexibility index (Phi) is 4.56. The van der Waals surface area contributed by atoms with Crippen LogP contribution in [-0.4, -0.2) is 55.9 Å². The molecule has 2 heterocycles. The summed E-state index contributed by atoms with van der Waals surface area (Å²) < 4.78 is 32.9. The van der Waals surface area contributed by atoms with Gasteiger partial charge >= 0.3 is 0 Å². The Morgan fingerprint density at radius 3 is 3.05 bits per heavy atom. The first-order valence-electron chi connectivity index (χ1n) is 6.29. The van der Waals surface area contributed by atoms with Gasteiger partial charge in [-0.05, 0) is 12.3 Å². The topological polar surface area (TPSA) is 90.5 Å². The molecule has 7 nitrogen and oxygen atoms in total. The Hall–Kier alpha value is -0.960. The van der Waals surface area contributed by atoms with Crippen LogP contribution in [-0.2, 0) is 21.3 Å². The van der Waals surface area contributed by atoms with Crippen LogP contribution < -0.4 is 5.73 Å². The fourth-order valence-electron chi connectivity index (χ4n) is 2.27. The summed E-state index contributed by atoms with van der Waals surface area (Å²) in [6.07, 6.45) is 3.75. The van der Waals surface area contributed by atoms with Crippen LogP contribution >= 0.6 is 0 Å². The molecule has 1 aromatic heterocycles. The Labute approximate surface area is 113 Å². The zero-order valence-corrected chi connectivity index (χ0v) is 11.8. The zero-order chi connectivity index (χ0) is 13.9. The van der Waals surface area contributed by atoms with Crippen LogP contribution in [0.5, 0.6) is 0 Å². The van der Waals surface area contributed by atoms with Crippen LogP contribution in [0.1, 0.15) is 6.42 Å². The van der Waals surface area contributed by atoms with Crippen molar-refractivity contribution in [2.24, 2.45) is 11.7 Å². The van der Waals surface area contributed by atoms with E-state index < -0.39 is 10.0 Å². The molecule has 2 rings (SSSR count). The van der Waals surface area contributed by atoms with Gasteiger partial charge in [0.1, 0.15) is 4.90 Å². The van der Waals surface area contributed by atoms with Crippen LogP contribution in [0.4, 0.5) is 0 Å². The van der Waals surface area contributed by atoms with Crippen LogP contribution in [0.2, 0.25) is 0 Å². The summed E-state index contributed by atoms with van der Waals surface area (Å²) in [5, 5.41) is 4.01. The minimum Gasteiger partial charge on any atom is -0.384 e. The summed E-state index contributed by atoms with van der Waals surface area (Å²) in [7, 11) is -1.80. The van der Waals surface area contributed by atoms with E-state index in [9.17, 15) is 8.42 Å². The second kappa shape index (κ2) is 6.00. The normalized spacial score (nSPS) is 21.1. The van der Waals surface area contributed by atoms with Gasteiger partial charge in [0.15, 0.2) is 0 Å². The molecule has 1 atom stereocenters. The van der Waals surface area contributed by atoms with Gasteiger partial charge in [-0.1, -0.05) is 0 Å². The van der Waals surface area contributed by atoms with Crippen molar-refractivity contribution in [3.8, 4) is 0 Å². The van der Waals surface area contributed by atoms with E-state index in [4.69, 9.17) is 10.5 Å². The first-order chi connectivity index (χ1) is 9.07. The number of aromatic nitrogens is 2. The number of sulfonamides is 1. The fourth-order valence-corrected chi connectivity index (χ4v) is 3.75. The lowest BCUT2D eigenvalue weighted by molar-refractivity contribution is 0.157. The van der Waals surface area contributed by atoms with Crippen molar-refractivity contribution >= 4 is 10.0 Å². The molecule has 0 aromatic carbocycles. The molecular weight excluding hydrogens is 268 g/mol. The molecule has 0 saturated carbocycles. The van der Waals surface area contributed by atoms with Gasteiger partial charge in [-0.25, -0.2) is 8.42 Å². The fraction of sp³-hybridized carbons (Fsp3) is 0.727. The van der Waals surface area contributed by atoms with E-state index >= 15 is 0 Å². The van der Waals surface area contributed by atoms with Gasteiger partial charge in [-0.2, -0.15) is 9.40 Å². The lowest BCUT2D eigenvalue weighted by atomic mass is 10.1. The first-order valence-corrected chi connectivity index (χ1v) is 7.73. The summed E-state index contributed by atoms with van der Waals surface area (Å²) in [6.45, 7) is 2.59. The van der Waals surface area contributed by atoms with E-state index in [1.165, 1.54) is 16.7 Å². The van der Waals surface area contributed by atoms with Gasteiger partial charge in [0, 0.05) is 32.9 Å². The summed E-state index contributed by atoms with van der Waals surface area (Å²) in [4.78, 5) is 0.235. The highest BCUT2D eigenvalue weighted by Gasteiger charge is 2.33. The second-order valence-corrected chi connectivity index (χ2v) is 6.64. The van der Waals surface area contributed by atoms with Gasteiger partial charge < -0.3 is 10.5 Å². The molecule has 1 aromatic rings. The summed E-state index contributed by atoms with van der Waals surface area (Å²) >= 11 is 0. The number of ether oxygens (including phenoxy) is 1. The third-order valence-corrected chi connectivity index (χ3v) is 5.07. The number of rotatable bonds is 6. The molecule has 1 unspecified atom stereocenters. The number of hydrogen-bond donors (Lipinski definition) is 1. The maximum absolute atomic E-state index is 12.4. The molecular formula is C11H20N4O3S. The van der Waals surface area contributed by atoms with Crippen molar-refractivity contribution in [3.63, 3.8) is 0 Å². The molecule has 1 fully saturated rings. The third-order valence-electron chi connectivity index (χ3n) is 3.26. The second-order valence-electron chi connectivity index (χ2n) is 4.70. The van der Waals surface area contributed by atoms with Gasteiger partial charge in [0.2, 0.25) is 10.0 Å². The molecule has 2 N–H and O–H groups in total. The van der Waals surface area contributed by atoms with Crippen LogP contribution in [0.15, 0.2) is 17.3 Å². The molecule has 1 saturated heterocycles. The highest BCUT2D eigenvalue weighted by molar-refractivity contribution is 7.89. The Morgan fingerprint density at radius 2 is 2.37 bits per heavy atom. The standard InChI is InChI=1S/C11H20N4O3S/c1-18-9-10-2-4-15(7-10)19(16,17)11-6-13-14(8-11)5-3-12/h6,8,10H,2-5,7,9,12H2,1H3. The average Bonchev–Trinajstić information content (AvgIpc) is 2.99. The van der Waals surface area contributed by atoms with E-state index in [1.807, 2.05) is 0 Å². The average molecular weight is 288 g/mol. The SMILES string of the molecule is COCC1CCN(S(=O)(=O)c2cnn(CCN)c2)C1. The molecule has 1 aliphatic heterocycles. The smallest absolute Gasteiger partial charge is 0.246 e. The van der Waals surface area contributed by atoms with Crippen molar-refractivity contribution in [3.05, 3.63) is 12.4 Å². The maximum atomic E-state index is 12.4. The Bertz CT molecular complexity index is 514. The third kappa shape index (κ3) is 3.14. The Morgan fingerprint density at radius 1 is 1.58 bits per heavy atom. The van der Waals surface area contributed by atoms with E-state index in [2.05, 4.69) is 5.10 Å². The van der Waals surface area contributed by atoms with Crippen LogP contribution in [0.3, 0.4) is 0 Å². The highest BCUT2D eigenvalue weighted by Crippen LogP contribution is 2.24. The minimum atomic E-state index is -3.43. The molecule has 108 valence electrons. The lowest BCUT2D eigenvalue weighted by Gasteiger charge is -2.15. The molecule has 1 aliphatic rings. The van der Waals surface area contributed by atoms with E-state index in [0.717, 1.165) is 6.42 Å². The van der Waals surface area contributed by atoms with E-state index in [0.29, 0.717) is 32.8 Å². The van der Waals surface area contributed by atoms with Gasteiger partial charge in [0.05, 0.1) is 19.3 Å². The van der Waals surface area contributed by atoms with Crippen LogP contribution in [0, 0.1) is 5.92 Å². The molecule has 0 spiro atoms. The first kappa shape index (κ1) is 14.4. The quantitative estimate of drug-likeness (QED) is 0.762. The predicted octanol–water partition coefficient (Wildman–Crippen LogP) is -0.501. The number of hydrogen-bond acceptors (Lipinski definition) is 5. The monoisotopic (exact) mass is 288 g/mol. The van der Waals surface area contributed by atoms with Crippen molar-refractivity contribution < 1.29 is 13.2 Å². The molecule has 8 heteroatoms. The van der Waals surface area contributed by atoms with E-state index in [-0.39, 0.29) is 10.8 Å². The van der Waals surface area contributed by atoms with E-state index in [1.54, 1.807) is 11.8 Å². The molecule has 19 heavy (non-hydrogen) atoms. The molecule has 0 aliphatic carbocycles. The highest BCUT2D eigenvalue weighted by atomic mass is 32.2. The maximum Gasteiger partial charge on any atom is 0.246 e. The van der Waals surface area contributed by atoms with Crippen molar-refractivity contribution in [1.82, 2.24) is 14.1 Å². The minimum absolute atomic E-state index is 0.235. The van der Waals surface area contributed by atoms with Crippen LogP contribution in [0.25, 0.3) is 0 Å². The molecule has 0 amide bonds. The number of methoxy groups -OCH3 is 1. The van der Waals surface area contributed by atoms with Gasteiger partial charge in [-0.15, -0.1) is 0 Å². The zero-order valence-electron chi connectivity index (χ0n) is 11.0. The van der Waals surface area contributed by atoms with Crippen molar-refractivity contribution in [1.29, 1.82) is 0 Å².